The topological polar surface area (TPSA) is 193 Å². The SMILES string of the molecule is C.[2H][C@@H](C)CCOc1nc(N)c2c(n1)N(Cc1cccc(CN3CCCC3)c1)CC(=O)N2.[2H][C@H](C)CCOc1nc(N)c2c(n1)N(Cc1cccc(CN3CCCC3)c1)CC(=O)N2. The van der Waals surface area contributed by atoms with Crippen molar-refractivity contribution >= 4 is 46.5 Å². The molecule has 4 aliphatic rings. The van der Waals surface area contributed by atoms with Crippen LogP contribution in [0.4, 0.5) is 34.6 Å². The molecule has 2 saturated heterocycles. The van der Waals surface area contributed by atoms with Gasteiger partial charge in [-0.15, -0.1) is 0 Å². The lowest BCUT2D eigenvalue weighted by Crippen LogP contribution is -2.39. The smallest absolute Gasteiger partial charge is 0.320 e. The number of nitrogen functional groups attached to an aromatic ring is 2. The molecule has 61 heavy (non-hydrogen) atoms. The molecule has 16 nitrogen and oxygen atoms in total. The Morgan fingerprint density at radius 3 is 1.38 bits per heavy atom. The fourth-order valence-corrected chi connectivity index (χ4v) is 7.86. The van der Waals surface area contributed by atoms with Gasteiger partial charge in [-0.05, 0) is 87.0 Å². The number of nitrogens with zero attached hydrogens (tertiary/aromatic N) is 8. The summed E-state index contributed by atoms with van der Waals surface area (Å²) < 4.78 is 26.4. The molecule has 2 aromatic carbocycles. The zero-order valence-corrected chi connectivity index (χ0v) is 34.9. The second-order valence-corrected chi connectivity index (χ2v) is 15.7. The number of hydrogen-bond donors (Lipinski definition) is 4. The van der Waals surface area contributed by atoms with E-state index in [1.54, 1.807) is 13.8 Å². The predicted octanol–water partition coefficient (Wildman–Crippen LogP) is 6.22. The number of nitrogens with two attached hydrogens (primary N) is 2. The maximum absolute atomic E-state index is 12.3. The summed E-state index contributed by atoms with van der Waals surface area (Å²) in [5.41, 5.74) is 17.8. The van der Waals surface area contributed by atoms with Crippen molar-refractivity contribution in [2.24, 2.45) is 0 Å². The number of rotatable bonds is 16. The summed E-state index contributed by atoms with van der Waals surface area (Å²) in [7, 11) is 0. The molecule has 16 heteroatoms. The minimum Gasteiger partial charge on any atom is -0.463 e. The Balaban J connectivity index is 0.000000206. The number of fused-ring (bicyclic) bond motifs is 2. The quantitative estimate of drug-likeness (QED) is 0.0994. The van der Waals surface area contributed by atoms with Crippen LogP contribution < -0.4 is 41.4 Å². The van der Waals surface area contributed by atoms with Gasteiger partial charge in [0.15, 0.2) is 23.3 Å². The molecule has 4 aliphatic heterocycles. The highest BCUT2D eigenvalue weighted by molar-refractivity contribution is 6.03. The van der Waals surface area contributed by atoms with E-state index in [1.165, 1.54) is 36.8 Å². The molecule has 0 spiro atoms. The minimum absolute atomic E-state index is 0. The van der Waals surface area contributed by atoms with E-state index in [2.05, 4.69) is 88.9 Å². The maximum Gasteiger partial charge on any atom is 0.320 e. The van der Waals surface area contributed by atoms with Gasteiger partial charge >= 0.3 is 12.0 Å². The highest BCUT2D eigenvalue weighted by atomic mass is 16.5. The summed E-state index contributed by atoms with van der Waals surface area (Å²) in [6.45, 7) is 12.3. The van der Waals surface area contributed by atoms with E-state index >= 15 is 0 Å². The second-order valence-electron chi connectivity index (χ2n) is 15.7. The molecule has 6 heterocycles. The predicted molar refractivity (Wildman–Crippen MR) is 242 cm³/mol. The van der Waals surface area contributed by atoms with Gasteiger partial charge in [0, 0.05) is 28.9 Å². The Labute approximate surface area is 363 Å². The normalized spacial score (nSPS) is 17.7. The lowest BCUT2D eigenvalue weighted by Gasteiger charge is -2.30. The number of likely N-dealkylation sites (tertiary alicyclic amines) is 2. The van der Waals surface area contributed by atoms with Crippen LogP contribution in [-0.2, 0) is 35.8 Å². The first-order valence-electron chi connectivity index (χ1n) is 22.3. The van der Waals surface area contributed by atoms with Crippen molar-refractivity contribution < 1.29 is 21.8 Å². The van der Waals surface area contributed by atoms with Gasteiger partial charge < -0.3 is 41.4 Å². The van der Waals surface area contributed by atoms with Gasteiger partial charge in [0.2, 0.25) is 11.8 Å². The number of anilines is 6. The summed E-state index contributed by atoms with van der Waals surface area (Å²) in [5.74, 6) is 1.19. The van der Waals surface area contributed by atoms with Crippen molar-refractivity contribution in [3.63, 3.8) is 0 Å². The standard InChI is InChI=1S/2C22H30N6O2.CH4/c2*1-2-3-11-30-22-25-20(23)19-21(26-22)28(15-18(29)24-19)14-17-8-6-7-16(12-17)13-27-9-4-5-10-27;/h2*6-8,12H,2-5,9-11,13-15H2,1H3,(H,24,29)(H2,23,25,26);1H4/i2*2D;/t2*2-;/m10./s1. The van der Waals surface area contributed by atoms with E-state index in [4.69, 9.17) is 23.7 Å². The second kappa shape index (κ2) is 21.7. The molecule has 4 aromatic rings. The Kier molecular flexibility index (Phi) is 14.9. The molecule has 328 valence electrons. The zero-order valence-electron chi connectivity index (χ0n) is 36.9. The van der Waals surface area contributed by atoms with Gasteiger partial charge in [-0.1, -0.05) is 82.6 Å². The first kappa shape index (κ1) is 42.0. The van der Waals surface area contributed by atoms with Crippen LogP contribution in [0.3, 0.4) is 0 Å². The van der Waals surface area contributed by atoms with Crippen molar-refractivity contribution in [1.82, 2.24) is 29.7 Å². The van der Waals surface area contributed by atoms with Gasteiger partial charge in [-0.3, -0.25) is 19.4 Å². The Hall–Kier alpha value is -5.74. The number of carbonyl (C=O) groups excluding carboxylic acids is 2. The first-order chi connectivity index (χ1) is 29.9. The van der Waals surface area contributed by atoms with Gasteiger partial charge in [0.1, 0.15) is 11.4 Å². The summed E-state index contributed by atoms with van der Waals surface area (Å²) in [5, 5.41) is 5.56. The Morgan fingerprint density at radius 1 is 0.623 bits per heavy atom. The number of amides is 2. The molecule has 0 aliphatic carbocycles. The van der Waals surface area contributed by atoms with Crippen LogP contribution in [0.5, 0.6) is 12.0 Å². The average molecular weight is 839 g/mol. The van der Waals surface area contributed by atoms with Crippen LogP contribution in [0.2, 0.25) is 0 Å². The lowest BCUT2D eigenvalue weighted by molar-refractivity contribution is -0.116. The molecule has 2 amide bonds. The Morgan fingerprint density at radius 2 is 1.00 bits per heavy atom. The third-order valence-corrected chi connectivity index (χ3v) is 10.8. The average Bonchev–Trinajstić information content (AvgIpc) is 3.94. The van der Waals surface area contributed by atoms with Crippen molar-refractivity contribution in [3.8, 4) is 12.0 Å². The molecule has 0 unspecified atom stereocenters. The van der Waals surface area contributed by atoms with E-state index in [1.807, 2.05) is 9.80 Å². The van der Waals surface area contributed by atoms with E-state index in [0.717, 1.165) is 50.4 Å². The third kappa shape index (κ3) is 12.2. The Bertz CT molecular complexity index is 2020. The number of hydrogen-bond acceptors (Lipinski definition) is 14. The molecule has 2 aromatic heterocycles. The van der Waals surface area contributed by atoms with Crippen LogP contribution in [-0.4, -0.2) is 94.0 Å². The lowest BCUT2D eigenvalue weighted by atomic mass is 10.1. The summed E-state index contributed by atoms with van der Waals surface area (Å²) in [6.07, 6.45) is 5.78. The molecule has 0 saturated carbocycles. The molecule has 8 rings (SSSR count). The van der Waals surface area contributed by atoms with Crippen LogP contribution >= 0.6 is 0 Å². The van der Waals surface area contributed by atoms with Gasteiger partial charge in [-0.2, -0.15) is 19.9 Å². The van der Waals surface area contributed by atoms with Crippen molar-refractivity contribution in [2.75, 3.05) is 84.4 Å². The fourth-order valence-electron chi connectivity index (χ4n) is 7.86. The van der Waals surface area contributed by atoms with Crippen molar-refractivity contribution in [3.05, 3.63) is 70.8 Å². The van der Waals surface area contributed by atoms with E-state index in [0.29, 0.717) is 62.2 Å². The third-order valence-electron chi connectivity index (χ3n) is 10.8. The molecule has 0 bridgehead atoms. The van der Waals surface area contributed by atoms with Gasteiger partial charge in [0.25, 0.3) is 0 Å². The van der Waals surface area contributed by atoms with Crippen LogP contribution in [0, 0.1) is 0 Å². The number of aromatic nitrogens is 4. The van der Waals surface area contributed by atoms with Crippen LogP contribution in [0.1, 0.15) is 97.6 Å². The number of ether oxygens (including phenoxy) is 2. The summed E-state index contributed by atoms with van der Waals surface area (Å²) in [6, 6.07) is 17.3. The van der Waals surface area contributed by atoms with E-state index in [9.17, 15) is 9.59 Å². The number of nitrogens with one attached hydrogen (secondary N) is 2. The van der Waals surface area contributed by atoms with Crippen molar-refractivity contribution in [1.29, 1.82) is 0 Å². The molecular formula is C45H64N12O4. The summed E-state index contributed by atoms with van der Waals surface area (Å²) >= 11 is 0. The van der Waals surface area contributed by atoms with Crippen LogP contribution in [0.25, 0.3) is 0 Å². The molecule has 6 N–H and O–H groups in total. The van der Waals surface area contributed by atoms with Crippen molar-refractivity contribution in [2.45, 2.75) is 98.8 Å². The summed E-state index contributed by atoms with van der Waals surface area (Å²) in [4.78, 5) is 50.7. The van der Waals surface area contributed by atoms with Gasteiger partial charge in [0.05, 0.1) is 26.3 Å². The highest BCUT2D eigenvalue weighted by Crippen LogP contribution is 2.36. The first-order valence-corrected chi connectivity index (χ1v) is 21.1. The monoisotopic (exact) mass is 839 g/mol. The molecule has 2 atom stereocenters. The van der Waals surface area contributed by atoms with E-state index < -0.39 is 0 Å². The highest BCUT2D eigenvalue weighted by Gasteiger charge is 2.29. The zero-order chi connectivity index (χ0) is 43.6. The minimum atomic E-state index is -0.224. The van der Waals surface area contributed by atoms with Crippen LogP contribution in [0.15, 0.2) is 48.5 Å². The number of carbonyl (C=O) groups is 2. The molecule has 2 fully saturated rings. The largest absolute Gasteiger partial charge is 0.463 e. The fraction of sp³-hybridized carbons (Fsp3) is 0.511. The number of benzene rings is 2. The van der Waals surface area contributed by atoms with E-state index in [-0.39, 0.29) is 68.8 Å². The molecule has 0 radical (unpaired) electrons. The maximum atomic E-state index is 12.3. The molecular weight excluding hydrogens is 773 g/mol. The van der Waals surface area contributed by atoms with Gasteiger partial charge in [-0.25, -0.2) is 0 Å².